The van der Waals surface area contributed by atoms with Gasteiger partial charge in [-0.05, 0) is 6.92 Å². The molecular weight excluding hydrogens is 281 g/mol. The number of carbonyl (C=O) groups excluding carboxylic acids is 1. The van der Waals surface area contributed by atoms with Crippen LogP contribution in [-0.4, -0.2) is 34.8 Å². The summed E-state index contributed by atoms with van der Waals surface area (Å²) in [6.07, 6.45) is -4.99. The van der Waals surface area contributed by atoms with E-state index in [9.17, 15) is 23.1 Å². The molecule has 0 radical (unpaired) electrons. The molecule has 0 saturated heterocycles. The molecule has 0 aliphatic heterocycles. The summed E-state index contributed by atoms with van der Waals surface area (Å²) < 4.78 is 41.5. The molecular formula is C8H10BrF3O3. The smallest absolute Gasteiger partial charge is 0.422 e. The number of esters is 1. The van der Waals surface area contributed by atoms with Crippen molar-refractivity contribution in [2.75, 3.05) is 11.9 Å². The van der Waals surface area contributed by atoms with Crippen LogP contribution in [0.2, 0.25) is 0 Å². The maximum Gasteiger partial charge on any atom is 0.422 e. The Bertz CT molecular complexity index is 264. The molecule has 0 aromatic heterocycles. The monoisotopic (exact) mass is 290 g/mol. The molecule has 1 atom stereocenters. The standard InChI is InChI=1S/C8H10BrF3O3/c1-3-15-6(13)5(2)7(14,4-9)8(10,11)12/h14H,2-4H2,1H3. The van der Waals surface area contributed by atoms with Gasteiger partial charge in [0.05, 0.1) is 12.2 Å². The molecule has 88 valence electrons. The Morgan fingerprint density at radius 2 is 2.00 bits per heavy atom. The van der Waals surface area contributed by atoms with Crippen LogP contribution in [0.1, 0.15) is 6.92 Å². The number of ether oxygens (including phenoxy) is 1. The normalized spacial score (nSPS) is 15.6. The van der Waals surface area contributed by atoms with E-state index < -0.39 is 28.6 Å². The first-order valence-electron chi connectivity index (χ1n) is 3.92. The molecule has 0 spiro atoms. The highest BCUT2D eigenvalue weighted by Gasteiger charge is 2.57. The van der Waals surface area contributed by atoms with Gasteiger partial charge >= 0.3 is 12.1 Å². The van der Waals surface area contributed by atoms with Gasteiger partial charge in [-0.25, -0.2) is 4.79 Å². The zero-order valence-electron chi connectivity index (χ0n) is 7.90. The van der Waals surface area contributed by atoms with E-state index in [2.05, 4.69) is 27.2 Å². The SMILES string of the molecule is C=C(C(=O)OCC)C(O)(CBr)C(F)(F)F. The Balaban J connectivity index is 4.98. The summed E-state index contributed by atoms with van der Waals surface area (Å²) in [5.74, 6) is -1.27. The number of hydrogen-bond acceptors (Lipinski definition) is 3. The van der Waals surface area contributed by atoms with Gasteiger partial charge in [-0.2, -0.15) is 13.2 Å². The zero-order chi connectivity index (χ0) is 12.3. The van der Waals surface area contributed by atoms with E-state index >= 15 is 0 Å². The van der Waals surface area contributed by atoms with Gasteiger partial charge in [0, 0.05) is 5.33 Å². The van der Waals surface area contributed by atoms with Gasteiger partial charge in [0.25, 0.3) is 0 Å². The molecule has 0 bridgehead atoms. The van der Waals surface area contributed by atoms with Crippen molar-refractivity contribution in [1.29, 1.82) is 0 Å². The molecule has 0 amide bonds. The summed E-state index contributed by atoms with van der Waals surface area (Å²) in [5.41, 5.74) is -4.33. The van der Waals surface area contributed by atoms with Crippen LogP contribution in [0.15, 0.2) is 12.2 Å². The van der Waals surface area contributed by atoms with E-state index in [1.54, 1.807) is 0 Å². The predicted octanol–water partition coefficient (Wildman–Crippen LogP) is 1.79. The second-order valence-corrected chi connectivity index (χ2v) is 3.25. The molecule has 1 unspecified atom stereocenters. The van der Waals surface area contributed by atoms with Crippen LogP contribution in [0, 0.1) is 0 Å². The topological polar surface area (TPSA) is 46.5 Å². The van der Waals surface area contributed by atoms with Crippen molar-refractivity contribution < 1.29 is 27.8 Å². The molecule has 7 heteroatoms. The first-order chi connectivity index (χ1) is 6.70. The molecule has 3 nitrogen and oxygen atoms in total. The van der Waals surface area contributed by atoms with E-state index in [0.29, 0.717) is 0 Å². The van der Waals surface area contributed by atoms with Gasteiger partial charge in [0.1, 0.15) is 0 Å². The third kappa shape index (κ3) is 2.94. The zero-order valence-corrected chi connectivity index (χ0v) is 9.48. The summed E-state index contributed by atoms with van der Waals surface area (Å²) in [7, 11) is 0. The van der Waals surface area contributed by atoms with Crippen LogP contribution in [0.5, 0.6) is 0 Å². The van der Waals surface area contributed by atoms with Gasteiger partial charge in [0.2, 0.25) is 5.60 Å². The van der Waals surface area contributed by atoms with Crippen LogP contribution in [0.4, 0.5) is 13.2 Å². The molecule has 0 aromatic rings. The Kier molecular flexibility index (Phi) is 4.79. The van der Waals surface area contributed by atoms with Crippen molar-refractivity contribution in [2.45, 2.75) is 18.7 Å². The molecule has 15 heavy (non-hydrogen) atoms. The molecule has 0 saturated carbocycles. The maximum absolute atomic E-state index is 12.4. The van der Waals surface area contributed by atoms with Gasteiger partial charge < -0.3 is 9.84 Å². The second kappa shape index (κ2) is 4.98. The molecule has 0 rings (SSSR count). The second-order valence-electron chi connectivity index (χ2n) is 2.69. The lowest BCUT2D eigenvalue weighted by atomic mass is 9.97. The van der Waals surface area contributed by atoms with Gasteiger partial charge in [-0.1, -0.05) is 22.5 Å². The quantitative estimate of drug-likeness (QED) is 0.488. The Morgan fingerprint density at radius 3 is 2.27 bits per heavy atom. The Morgan fingerprint density at radius 1 is 1.53 bits per heavy atom. The third-order valence-corrected chi connectivity index (χ3v) is 2.49. The fourth-order valence-corrected chi connectivity index (χ4v) is 1.37. The summed E-state index contributed by atoms with van der Waals surface area (Å²) in [6, 6.07) is 0. The van der Waals surface area contributed by atoms with Crippen LogP contribution in [0.25, 0.3) is 0 Å². The lowest BCUT2D eigenvalue weighted by Crippen LogP contribution is -2.50. The summed E-state index contributed by atoms with van der Waals surface area (Å²) in [4.78, 5) is 11.0. The van der Waals surface area contributed by atoms with Crippen molar-refractivity contribution in [1.82, 2.24) is 0 Å². The third-order valence-electron chi connectivity index (χ3n) is 1.68. The predicted molar refractivity (Wildman–Crippen MR) is 50.6 cm³/mol. The fraction of sp³-hybridized carbons (Fsp3) is 0.625. The van der Waals surface area contributed by atoms with Crippen LogP contribution >= 0.6 is 15.9 Å². The summed E-state index contributed by atoms with van der Waals surface area (Å²) in [6.45, 7) is 4.26. The molecule has 1 N–H and O–H groups in total. The number of hydrogen-bond donors (Lipinski definition) is 1. The van der Waals surface area contributed by atoms with Crippen molar-refractivity contribution >= 4 is 21.9 Å². The first-order valence-corrected chi connectivity index (χ1v) is 5.04. The molecule has 0 fully saturated rings. The Labute approximate surface area is 93.0 Å². The highest BCUT2D eigenvalue weighted by molar-refractivity contribution is 9.09. The van der Waals surface area contributed by atoms with E-state index in [-0.39, 0.29) is 6.61 Å². The fourth-order valence-electron chi connectivity index (χ4n) is 0.715. The van der Waals surface area contributed by atoms with Crippen molar-refractivity contribution in [3.05, 3.63) is 12.2 Å². The number of rotatable bonds is 4. The Hall–Kier alpha value is -0.560. The van der Waals surface area contributed by atoms with E-state index in [1.807, 2.05) is 0 Å². The molecule has 0 aromatic carbocycles. The largest absolute Gasteiger partial charge is 0.463 e. The summed E-state index contributed by atoms with van der Waals surface area (Å²) in [5, 5.41) is 8.38. The van der Waals surface area contributed by atoms with Crippen LogP contribution in [0.3, 0.4) is 0 Å². The first kappa shape index (κ1) is 14.4. The van der Waals surface area contributed by atoms with Crippen LogP contribution in [-0.2, 0) is 9.53 Å². The molecule has 0 heterocycles. The van der Waals surface area contributed by atoms with Crippen molar-refractivity contribution in [2.24, 2.45) is 0 Å². The minimum Gasteiger partial charge on any atom is -0.463 e. The minimum absolute atomic E-state index is 0.0892. The maximum atomic E-state index is 12.4. The van der Waals surface area contributed by atoms with E-state index in [1.165, 1.54) is 6.92 Å². The van der Waals surface area contributed by atoms with Crippen LogP contribution < -0.4 is 0 Å². The van der Waals surface area contributed by atoms with Gasteiger partial charge in [0.15, 0.2) is 0 Å². The lowest BCUT2D eigenvalue weighted by molar-refractivity contribution is -0.235. The highest BCUT2D eigenvalue weighted by atomic mass is 79.9. The summed E-state index contributed by atoms with van der Waals surface area (Å²) >= 11 is 2.49. The number of carbonyl (C=O) groups is 1. The average molecular weight is 291 g/mol. The minimum atomic E-state index is -4.99. The highest BCUT2D eigenvalue weighted by Crippen LogP contribution is 2.37. The number of aliphatic hydroxyl groups is 1. The number of alkyl halides is 4. The van der Waals surface area contributed by atoms with Gasteiger partial charge in [-0.3, -0.25) is 0 Å². The lowest BCUT2D eigenvalue weighted by Gasteiger charge is -2.29. The number of halogens is 4. The van der Waals surface area contributed by atoms with E-state index in [0.717, 1.165) is 0 Å². The van der Waals surface area contributed by atoms with Gasteiger partial charge in [-0.15, -0.1) is 0 Å². The van der Waals surface area contributed by atoms with Crippen molar-refractivity contribution in [3.63, 3.8) is 0 Å². The van der Waals surface area contributed by atoms with Crippen molar-refractivity contribution in [3.8, 4) is 0 Å². The molecule has 0 aliphatic carbocycles. The van der Waals surface area contributed by atoms with E-state index in [4.69, 9.17) is 0 Å². The molecule has 0 aliphatic rings. The average Bonchev–Trinajstić information content (AvgIpc) is 2.14.